The van der Waals surface area contributed by atoms with Gasteiger partial charge in [-0.3, -0.25) is 19.5 Å². The maximum absolute atomic E-state index is 12.3. The predicted octanol–water partition coefficient (Wildman–Crippen LogP) is 1.58. The quantitative estimate of drug-likeness (QED) is 0.690. The molecule has 3 rings (SSSR count). The van der Waals surface area contributed by atoms with Crippen LogP contribution in [-0.2, 0) is 22.6 Å². The van der Waals surface area contributed by atoms with Crippen molar-refractivity contribution >= 4 is 23.2 Å². The summed E-state index contributed by atoms with van der Waals surface area (Å²) >= 11 is 1.67. The lowest BCUT2D eigenvalue weighted by Crippen LogP contribution is -2.56. The molecule has 3 heterocycles. The van der Waals surface area contributed by atoms with Gasteiger partial charge in [-0.2, -0.15) is 0 Å². The highest BCUT2D eigenvalue weighted by Crippen LogP contribution is 2.17. The van der Waals surface area contributed by atoms with Gasteiger partial charge in [0, 0.05) is 43.4 Å². The highest BCUT2D eigenvalue weighted by molar-refractivity contribution is 7.09. The van der Waals surface area contributed by atoms with E-state index in [1.165, 1.54) is 4.88 Å². The maximum Gasteiger partial charge on any atom is 0.237 e. The molecule has 1 atom stereocenters. The molecule has 0 aliphatic carbocycles. The molecule has 1 saturated heterocycles. The van der Waals surface area contributed by atoms with Crippen molar-refractivity contribution in [3.63, 3.8) is 0 Å². The highest BCUT2D eigenvalue weighted by atomic mass is 32.1. The molecule has 0 saturated carbocycles. The number of carbonyl (C=O) groups excluding carboxylic acids is 2. The van der Waals surface area contributed by atoms with Crippen molar-refractivity contribution in [1.29, 1.82) is 0 Å². The molecule has 0 aromatic carbocycles. The molecule has 0 radical (unpaired) electrons. The minimum Gasteiger partial charge on any atom is -0.356 e. The van der Waals surface area contributed by atoms with Crippen LogP contribution >= 0.6 is 11.3 Å². The molecule has 2 N–H and O–H groups in total. The van der Waals surface area contributed by atoms with Gasteiger partial charge in [-0.15, -0.1) is 11.3 Å². The SMILES string of the molecule is O=C(CC1C(=O)NCCN1Cc1cccs1)NCCCc1cccnc1. The highest BCUT2D eigenvalue weighted by Gasteiger charge is 2.31. The average molecular weight is 372 g/mol. The van der Waals surface area contributed by atoms with E-state index < -0.39 is 6.04 Å². The van der Waals surface area contributed by atoms with Crippen LogP contribution in [-0.4, -0.2) is 47.4 Å². The van der Waals surface area contributed by atoms with E-state index >= 15 is 0 Å². The van der Waals surface area contributed by atoms with Crippen LogP contribution in [0.25, 0.3) is 0 Å². The molecule has 1 aliphatic rings. The summed E-state index contributed by atoms with van der Waals surface area (Å²) < 4.78 is 0. The Labute approximate surface area is 157 Å². The molecule has 6 nitrogen and oxygen atoms in total. The number of nitrogens with zero attached hydrogens (tertiary/aromatic N) is 2. The van der Waals surface area contributed by atoms with Gasteiger partial charge in [0.1, 0.15) is 0 Å². The number of piperazine rings is 1. The van der Waals surface area contributed by atoms with Crippen molar-refractivity contribution in [2.45, 2.75) is 31.8 Å². The first-order valence-corrected chi connectivity index (χ1v) is 9.80. The Hall–Kier alpha value is -2.25. The molecule has 138 valence electrons. The van der Waals surface area contributed by atoms with Crippen LogP contribution in [0.4, 0.5) is 0 Å². The molecule has 2 aromatic rings. The molecule has 0 spiro atoms. The first kappa shape index (κ1) is 18.5. The molecular formula is C19H24N4O2S. The van der Waals surface area contributed by atoms with E-state index in [4.69, 9.17) is 0 Å². The largest absolute Gasteiger partial charge is 0.356 e. The Balaban J connectivity index is 1.45. The van der Waals surface area contributed by atoms with Crippen LogP contribution in [0, 0.1) is 0 Å². The number of nitrogens with one attached hydrogen (secondary N) is 2. The predicted molar refractivity (Wildman–Crippen MR) is 102 cm³/mol. The summed E-state index contributed by atoms with van der Waals surface area (Å²) in [7, 11) is 0. The summed E-state index contributed by atoms with van der Waals surface area (Å²) in [4.78, 5) is 31.9. The van der Waals surface area contributed by atoms with Crippen LogP contribution < -0.4 is 10.6 Å². The number of thiophene rings is 1. The molecule has 2 aromatic heterocycles. The molecule has 0 bridgehead atoms. The third-order valence-corrected chi connectivity index (χ3v) is 5.31. The molecule has 7 heteroatoms. The van der Waals surface area contributed by atoms with Gasteiger partial charge in [0.05, 0.1) is 12.5 Å². The molecule has 1 unspecified atom stereocenters. The monoisotopic (exact) mass is 372 g/mol. The van der Waals surface area contributed by atoms with E-state index in [1.54, 1.807) is 17.5 Å². The van der Waals surface area contributed by atoms with Crippen LogP contribution in [0.15, 0.2) is 42.0 Å². The summed E-state index contributed by atoms with van der Waals surface area (Å²) in [6.45, 7) is 2.72. The van der Waals surface area contributed by atoms with E-state index in [1.807, 2.05) is 29.8 Å². The topological polar surface area (TPSA) is 74.3 Å². The Morgan fingerprint density at radius 2 is 2.31 bits per heavy atom. The zero-order valence-corrected chi connectivity index (χ0v) is 15.5. The number of hydrogen-bond donors (Lipinski definition) is 2. The van der Waals surface area contributed by atoms with E-state index in [0.29, 0.717) is 19.6 Å². The summed E-state index contributed by atoms with van der Waals surface area (Å²) in [6, 6.07) is 7.62. The van der Waals surface area contributed by atoms with Crippen LogP contribution in [0.1, 0.15) is 23.3 Å². The van der Waals surface area contributed by atoms with Gasteiger partial charge in [0.15, 0.2) is 0 Å². The average Bonchev–Trinajstić information content (AvgIpc) is 3.16. The van der Waals surface area contributed by atoms with Gasteiger partial charge >= 0.3 is 0 Å². The Morgan fingerprint density at radius 3 is 3.08 bits per heavy atom. The lowest BCUT2D eigenvalue weighted by molar-refractivity contribution is -0.134. The van der Waals surface area contributed by atoms with Gasteiger partial charge < -0.3 is 10.6 Å². The van der Waals surface area contributed by atoms with E-state index in [-0.39, 0.29) is 18.2 Å². The first-order chi connectivity index (χ1) is 12.7. The fourth-order valence-electron chi connectivity index (χ4n) is 3.09. The third-order valence-electron chi connectivity index (χ3n) is 4.45. The second kappa shape index (κ2) is 9.45. The van der Waals surface area contributed by atoms with Crippen molar-refractivity contribution in [3.8, 4) is 0 Å². The smallest absolute Gasteiger partial charge is 0.237 e. The summed E-state index contributed by atoms with van der Waals surface area (Å²) in [6.07, 6.45) is 5.53. The molecular weight excluding hydrogens is 348 g/mol. The van der Waals surface area contributed by atoms with Crippen molar-refractivity contribution < 1.29 is 9.59 Å². The first-order valence-electron chi connectivity index (χ1n) is 8.92. The number of aromatic nitrogens is 1. The second-order valence-electron chi connectivity index (χ2n) is 6.38. The van der Waals surface area contributed by atoms with Crippen LogP contribution in [0.2, 0.25) is 0 Å². The molecule has 1 aliphatic heterocycles. The number of pyridine rings is 1. The molecule has 2 amide bonds. The van der Waals surface area contributed by atoms with E-state index in [9.17, 15) is 9.59 Å². The van der Waals surface area contributed by atoms with Crippen molar-refractivity contribution in [1.82, 2.24) is 20.5 Å². The number of aryl methyl sites for hydroxylation is 1. The van der Waals surface area contributed by atoms with E-state index in [2.05, 4.69) is 26.6 Å². The Morgan fingerprint density at radius 1 is 1.38 bits per heavy atom. The van der Waals surface area contributed by atoms with Gasteiger partial charge in [-0.1, -0.05) is 12.1 Å². The summed E-state index contributed by atoms with van der Waals surface area (Å²) in [5.41, 5.74) is 1.16. The fraction of sp³-hybridized carbons (Fsp3) is 0.421. The lowest BCUT2D eigenvalue weighted by Gasteiger charge is -2.34. The molecule has 26 heavy (non-hydrogen) atoms. The summed E-state index contributed by atoms with van der Waals surface area (Å²) in [5, 5.41) is 7.84. The minimum absolute atomic E-state index is 0.0571. The normalized spacial score (nSPS) is 17.7. The third kappa shape index (κ3) is 5.37. The van der Waals surface area contributed by atoms with Crippen molar-refractivity contribution in [2.75, 3.05) is 19.6 Å². The maximum atomic E-state index is 12.3. The zero-order chi connectivity index (χ0) is 18.2. The van der Waals surface area contributed by atoms with Crippen molar-refractivity contribution in [2.24, 2.45) is 0 Å². The minimum atomic E-state index is -0.399. The number of hydrogen-bond acceptors (Lipinski definition) is 5. The summed E-state index contributed by atoms with van der Waals surface area (Å²) in [5.74, 6) is -0.132. The van der Waals surface area contributed by atoms with Crippen LogP contribution in [0.5, 0.6) is 0 Å². The number of rotatable bonds is 8. The second-order valence-corrected chi connectivity index (χ2v) is 7.41. The van der Waals surface area contributed by atoms with Crippen LogP contribution in [0.3, 0.4) is 0 Å². The fourth-order valence-corrected chi connectivity index (χ4v) is 3.82. The Kier molecular flexibility index (Phi) is 6.74. The van der Waals surface area contributed by atoms with Crippen molar-refractivity contribution in [3.05, 3.63) is 52.5 Å². The van der Waals surface area contributed by atoms with Gasteiger partial charge in [0.2, 0.25) is 11.8 Å². The van der Waals surface area contributed by atoms with Gasteiger partial charge in [-0.05, 0) is 35.9 Å². The number of amides is 2. The number of carbonyl (C=O) groups is 2. The van der Waals surface area contributed by atoms with Gasteiger partial charge in [-0.25, -0.2) is 0 Å². The van der Waals surface area contributed by atoms with E-state index in [0.717, 1.165) is 24.9 Å². The standard InChI is InChI=1S/C19H24N4O2S/c24-18(21-8-2-5-15-4-1-7-20-13-15)12-17-19(25)22-9-10-23(17)14-16-6-3-11-26-16/h1,3-4,6-7,11,13,17H,2,5,8-10,12,14H2,(H,21,24)(H,22,25). The Bertz CT molecular complexity index is 706. The zero-order valence-electron chi connectivity index (χ0n) is 14.7. The molecule has 1 fully saturated rings. The van der Waals surface area contributed by atoms with Gasteiger partial charge in [0.25, 0.3) is 0 Å². The lowest BCUT2D eigenvalue weighted by atomic mass is 10.1.